The number of amides is 2. The molecule has 5 nitrogen and oxygen atoms in total. The maximum atomic E-state index is 13.0. The van der Waals surface area contributed by atoms with E-state index >= 15 is 0 Å². The molecule has 2 N–H and O–H groups in total. The van der Waals surface area contributed by atoms with Crippen LogP contribution in [0.1, 0.15) is 28.0 Å². The number of rotatable bonds is 4. The fourth-order valence-corrected chi connectivity index (χ4v) is 3.44. The number of nitrogens with one attached hydrogen (secondary N) is 2. The van der Waals surface area contributed by atoms with Gasteiger partial charge in [-0.2, -0.15) is 0 Å². The van der Waals surface area contributed by atoms with Gasteiger partial charge in [0.05, 0.1) is 0 Å². The Kier molecular flexibility index (Phi) is 4.39. The molecule has 1 aromatic heterocycles. The van der Waals surface area contributed by atoms with Gasteiger partial charge in [-0.3, -0.25) is 9.59 Å². The summed E-state index contributed by atoms with van der Waals surface area (Å²) < 4.78 is 13.0. The summed E-state index contributed by atoms with van der Waals surface area (Å²) in [6.45, 7) is 2.97. The molecule has 3 aromatic rings. The zero-order valence-electron chi connectivity index (χ0n) is 15.0. The average molecular weight is 365 g/mol. The predicted molar refractivity (Wildman–Crippen MR) is 101 cm³/mol. The largest absolute Gasteiger partial charge is 0.351 e. The first-order chi connectivity index (χ1) is 13.0. The van der Waals surface area contributed by atoms with Crippen molar-refractivity contribution in [3.05, 3.63) is 71.2 Å². The number of hydrogen-bond donors (Lipinski definition) is 2. The molecular weight excluding hydrogens is 345 g/mol. The monoisotopic (exact) mass is 365 g/mol. The van der Waals surface area contributed by atoms with Crippen LogP contribution in [0, 0.1) is 12.7 Å². The Labute approximate surface area is 156 Å². The minimum Gasteiger partial charge on any atom is -0.351 e. The molecular formula is C21H20FN3O2. The van der Waals surface area contributed by atoms with Crippen molar-refractivity contribution in [2.45, 2.75) is 25.9 Å². The topological polar surface area (TPSA) is 65.2 Å². The molecule has 2 heterocycles. The molecule has 0 saturated carbocycles. The van der Waals surface area contributed by atoms with Gasteiger partial charge in [0.15, 0.2) is 0 Å². The van der Waals surface area contributed by atoms with E-state index in [1.807, 2.05) is 25.1 Å². The molecule has 1 saturated heterocycles. The number of H-pyrrole nitrogens is 1. The highest BCUT2D eigenvalue weighted by Crippen LogP contribution is 2.19. The van der Waals surface area contributed by atoms with Crippen molar-refractivity contribution < 1.29 is 14.0 Å². The van der Waals surface area contributed by atoms with Gasteiger partial charge >= 0.3 is 0 Å². The molecule has 2 aromatic carbocycles. The predicted octanol–water partition coefficient (Wildman–Crippen LogP) is 3.15. The summed E-state index contributed by atoms with van der Waals surface area (Å²) in [6, 6.07) is 13.3. The molecule has 6 heteroatoms. The summed E-state index contributed by atoms with van der Waals surface area (Å²) in [7, 11) is 0. The minimum absolute atomic E-state index is 0.111. The van der Waals surface area contributed by atoms with Crippen LogP contribution in [0.2, 0.25) is 0 Å². The van der Waals surface area contributed by atoms with E-state index in [1.165, 1.54) is 12.1 Å². The third-order valence-electron chi connectivity index (χ3n) is 4.91. The normalized spacial score (nSPS) is 16.9. The minimum atomic E-state index is -0.536. The number of nitrogens with zero attached hydrogens (tertiary/aromatic N) is 1. The van der Waals surface area contributed by atoms with Crippen LogP contribution in [0.3, 0.4) is 0 Å². The lowest BCUT2D eigenvalue weighted by atomic mass is 10.2. The Balaban J connectivity index is 1.42. The van der Waals surface area contributed by atoms with E-state index < -0.39 is 6.04 Å². The summed E-state index contributed by atoms with van der Waals surface area (Å²) in [4.78, 5) is 29.9. The number of aromatic amines is 1. The van der Waals surface area contributed by atoms with Gasteiger partial charge in [-0.25, -0.2) is 4.39 Å². The highest BCUT2D eigenvalue weighted by atomic mass is 19.1. The van der Waals surface area contributed by atoms with Crippen LogP contribution in [0.5, 0.6) is 0 Å². The van der Waals surface area contributed by atoms with Crippen molar-refractivity contribution in [1.29, 1.82) is 0 Å². The van der Waals surface area contributed by atoms with Gasteiger partial charge in [0.25, 0.3) is 5.91 Å². The average Bonchev–Trinajstić information content (AvgIpc) is 3.21. The van der Waals surface area contributed by atoms with Crippen LogP contribution in [0.25, 0.3) is 10.9 Å². The Morgan fingerprint density at radius 3 is 2.78 bits per heavy atom. The number of aromatic nitrogens is 1. The molecule has 2 amide bonds. The molecule has 0 bridgehead atoms. The Morgan fingerprint density at radius 1 is 1.22 bits per heavy atom. The lowest BCUT2D eigenvalue weighted by molar-refractivity contribution is -0.129. The van der Waals surface area contributed by atoms with Crippen molar-refractivity contribution >= 4 is 22.7 Å². The zero-order valence-corrected chi connectivity index (χ0v) is 15.0. The number of halogens is 1. The Hall–Kier alpha value is -3.15. The fourth-order valence-electron chi connectivity index (χ4n) is 3.44. The van der Waals surface area contributed by atoms with Gasteiger partial charge in [-0.05, 0) is 48.7 Å². The first kappa shape index (κ1) is 17.3. The highest BCUT2D eigenvalue weighted by Gasteiger charge is 2.33. The summed E-state index contributed by atoms with van der Waals surface area (Å²) in [6.07, 6.45) is 0.561. The molecule has 1 aliphatic rings. The van der Waals surface area contributed by atoms with Crippen LogP contribution < -0.4 is 5.32 Å². The summed E-state index contributed by atoms with van der Waals surface area (Å²) in [5, 5.41) is 3.78. The quantitative estimate of drug-likeness (QED) is 0.746. The van der Waals surface area contributed by atoms with Crippen LogP contribution in [-0.2, 0) is 11.3 Å². The van der Waals surface area contributed by atoms with Crippen LogP contribution >= 0.6 is 0 Å². The van der Waals surface area contributed by atoms with Crippen molar-refractivity contribution in [3.8, 4) is 0 Å². The summed E-state index contributed by atoms with van der Waals surface area (Å²) in [5.74, 6) is -0.698. The van der Waals surface area contributed by atoms with Crippen LogP contribution in [0.15, 0.2) is 48.5 Å². The van der Waals surface area contributed by atoms with Gasteiger partial charge in [-0.15, -0.1) is 0 Å². The van der Waals surface area contributed by atoms with Crippen LogP contribution in [-0.4, -0.2) is 34.3 Å². The van der Waals surface area contributed by atoms with E-state index in [4.69, 9.17) is 0 Å². The fraction of sp³-hybridized carbons (Fsp3) is 0.238. The second-order valence-electron chi connectivity index (χ2n) is 6.97. The molecule has 0 spiro atoms. The molecule has 1 atom stereocenters. The number of aryl methyl sites for hydroxylation is 1. The van der Waals surface area contributed by atoms with Crippen LogP contribution in [0.4, 0.5) is 4.39 Å². The summed E-state index contributed by atoms with van der Waals surface area (Å²) in [5.41, 5.74) is 3.32. The van der Waals surface area contributed by atoms with Gasteiger partial charge in [0, 0.05) is 24.0 Å². The second-order valence-corrected chi connectivity index (χ2v) is 6.97. The first-order valence-electron chi connectivity index (χ1n) is 8.93. The van der Waals surface area contributed by atoms with E-state index in [0.717, 1.165) is 22.0 Å². The van der Waals surface area contributed by atoms with E-state index in [2.05, 4.69) is 10.3 Å². The van der Waals surface area contributed by atoms with E-state index in [-0.39, 0.29) is 17.6 Å². The summed E-state index contributed by atoms with van der Waals surface area (Å²) >= 11 is 0. The maximum Gasteiger partial charge on any atom is 0.268 e. The lowest BCUT2D eigenvalue weighted by Crippen LogP contribution is -2.41. The van der Waals surface area contributed by atoms with Crippen molar-refractivity contribution in [2.75, 3.05) is 6.54 Å². The second kappa shape index (κ2) is 6.87. The van der Waals surface area contributed by atoms with Gasteiger partial charge in [-0.1, -0.05) is 24.3 Å². The highest BCUT2D eigenvalue weighted by molar-refractivity contribution is 6.00. The molecule has 1 aliphatic heterocycles. The number of likely N-dealkylation sites (tertiary alicyclic amines) is 1. The number of fused-ring (bicyclic) bond motifs is 1. The number of hydrogen-bond acceptors (Lipinski definition) is 2. The van der Waals surface area contributed by atoms with Crippen molar-refractivity contribution in [2.24, 2.45) is 0 Å². The molecule has 0 aliphatic carbocycles. The van der Waals surface area contributed by atoms with Crippen molar-refractivity contribution in [1.82, 2.24) is 15.2 Å². The number of carbonyl (C=O) groups is 2. The van der Waals surface area contributed by atoms with E-state index in [9.17, 15) is 14.0 Å². The third kappa shape index (κ3) is 3.56. The standard InChI is InChI=1S/C21H20FN3O2/c1-13-2-5-15-11-19(23-18(15)10-13)20(26)24-17-8-9-25(21(17)27)12-14-3-6-16(22)7-4-14/h2-7,10-11,17,23H,8-9,12H2,1H3,(H,24,26)/t17-/m0/s1. The lowest BCUT2D eigenvalue weighted by Gasteiger charge is -2.17. The van der Waals surface area contributed by atoms with E-state index in [0.29, 0.717) is 25.2 Å². The molecule has 0 radical (unpaired) electrons. The first-order valence-corrected chi connectivity index (χ1v) is 8.93. The van der Waals surface area contributed by atoms with Gasteiger partial charge < -0.3 is 15.2 Å². The van der Waals surface area contributed by atoms with Gasteiger partial charge in [0.2, 0.25) is 5.91 Å². The van der Waals surface area contributed by atoms with Crippen molar-refractivity contribution in [3.63, 3.8) is 0 Å². The molecule has 27 heavy (non-hydrogen) atoms. The Bertz CT molecular complexity index is 1010. The Morgan fingerprint density at radius 2 is 2.00 bits per heavy atom. The molecule has 138 valence electrons. The third-order valence-corrected chi connectivity index (χ3v) is 4.91. The SMILES string of the molecule is Cc1ccc2cc(C(=O)N[C@H]3CCN(Cc4ccc(F)cc4)C3=O)[nH]c2c1. The number of carbonyl (C=O) groups excluding carboxylic acids is 2. The smallest absolute Gasteiger partial charge is 0.268 e. The number of benzene rings is 2. The van der Waals surface area contributed by atoms with E-state index in [1.54, 1.807) is 23.1 Å². The zero-order chi connectivity index (χ0) is 19.0. The molecule has 0 unspecified atom stereocenters. The van der Waals surface area contributed by atoms with Gasteiger partial charge in [0.1, 0.15) is 17.6 Å². The molecule has 1 fully saturated rings. The molecule has 4 rings (SSSR count). The maximum absolute atomic E-state index is 13.0.